The van der Waals surface area contributed by atoms with Gasteiger partial charge in [-0.3, -0.25) is 9.63 Å². The molecule has 2 rings (SSSR count). The van der Waals surface area contributed by atoms with E-state index < -0.39 is 5.97 Å². The van der Waals surface area contributed by atoms with E-state index in [0.29, 0.717) is 23.6 Å². The maximum atomic E-state index is 12.2. The first-order valence-corrected chi connectivity index (χ1v) is 10.7. The molecule has 0 fully saturated rings. The van der Waals surface area contributed by atoms with Crippen molar-refractivity contribution in [3.8, 4) is 0 Å². The van der Waals surface area contributed by atoms with Crippen molar-refractivity contribution in [2.45, 2.75) is 39.2 Å². The molecule has 0 aliphatic heterocycles. The van der Waals surface area contributed by atoms with E-state index >= 15 is 0 Å². The van der Waals surface area contributed by atoms with Crippen molar-refractivity contribution in [1.29, 1.82) is 0 Å². The summed E-state index contributed by atoms with van der Waals surface area (Å²) in [5.74, 6) is -0.255. The highest BCUT2D eigenvalue weighted by atomic mass is 35.5. The van der Waals surface area contributed by atoms with E-state index in [0.717, 1.165) is 30.4 Å². The minimum Gasteiger partial charge on any atom is -0.457 e. The molecule has 30 heavy (non-hydrogen) atoms. The molecule has 0 atom stereocenters. The third-order valence-electron chi connectivity index (χ3n) is 4.40. The zero-order valence-electron chi connectivity index (χ0n) is 17.2. The molecule has 0 saturated heterocycles. The van der Waals surface area contributed by atoms with Crippen molar-refractivity contribution >= 4 is 29.6 Å². The van der Waals surface area contributed by atoms with Crippen molar-refractivity contribution < 1.29 is 19.2 Å². The molecule has 0 heterocycles. The first-order chi connectivity index (χ1) is 14.6. The lowest BCUT2D eigenvalue weighted by Crippen LogP contribution is -2.24. The van der Waals surface area contributed by atoms with Gasteiger partial charge < -0.3 is 4.74 Å². The molecule has 160 valence electrons. The smallest absolute Gasteiger partial charge is 0.338 e. The number of halogens is 1. The Labute approximate surface area is 183 Å². The van der Waals surface area contributed by atoms with Gasteiger partial charge in [0, 0.05) is 11.4 Å². The zero-order chi connectivity index (χ0) is 21.6. The molecule has 2 aromatic carbocycles. The predicted molar refractivity (Wildman–Crippen MR) is 119 cm³/mol. The first kappa shape index (κ1) is 23.6. The lowest BCUT2D eigenvalue weighted by atomic mass is 10.1. The molecular formula is C24H28ClNO4. The van der Waals surface area contributed by atoms with Crippen molar-refractivity contribution in [3.05, 3.63) is 76.9 Å². The molecule has 1 amide bonds. The number of ether oxygens (including phenoxy) is 1. The molecule has 0 saturated carbocycles. The summed E-state index contributed by atoms with van der Waals surface area (Å²) in [5.41, 5.74) is 5.17. The van der Waals surface area contributed by atoms with Gasteiger partial charge in [0.1, 0.15) is 6.61 Å². The molecule has 0 aliphatic rings. The Bertz CT molecular complexity index is 816. The monoisotopic (exact) mass is 429 g/mol. The highest BCUT2D eigenvalue weighted by molar-refractivity contribution is 6.19. The quantitative estimate of drug-likeness (QED) is 0.208. The number of carbonyl (C=O) groups is 2. The number of hydroxylamine groups is 1. The van der Waals surface area contributed by atoms with Crippen LogP contribution in [0.25, 0.3) is 6.08 Å². The van der Waals surface area contributed by atoms with Crippen molar-refractivity contribution in [2.75, 3.05) is 12.5 Å². The fourth-order valence-electron chi connectivity index (χ4n) is 2.67. The molecule has 0 spiro atoms. The number of hydrogen-bond acceptors (Lipinski definition) is 4. The third kappa shape index (κ3) is 8.39. The van der Waals surface area contributed by atoms with Crippen LogP contribution < -0.4 is 5.48 Å². The van der Waals surface area contributed by atoms with Gasteiger partial charge in [0.15, 0.2) is 0 Å². The molecule has 0 unspecified atom stereocenters. The van der Waals surface area contributed by atoms with Crippen LogP contribution in [0.4, 0.5) is 0 Å². The number of rotatable bonds is 12. The lowest BCUT2D eigenvalue weighted by Gasteiger charge is -2.08. The summed E-state index contributed by atoms with van der Waals surface area (Å²) in [6.07, 6.45) is 8.06. The van der Waals surface area contributed by atoms with Crippen LogP contribution in [0.2, 0.25) is 0 Å². The summed E-state index contributed by atoms with van der Waals surface area (Å²) in [5, 5.41) is 0. The summed E-state index contributed by atoms with van der Waals surface area (Å²) in [7, 11) is 0. The Morgan fingerprint density at radius 2 is 1.67 bits per heavy atom. The van der Waals surface area contributed by atoms with Crippen LogP contribution >= 0.6 is 11.6 Å². The van der Waals surface area contributed by atoms with Crippen LogP contribution in [0.3, 0.4) is 0 Å². The molecule has 5 nitrogen and oxygen atoms in total. The van der Waals surface area contributed by atoms with Crippen molar-refractivity contribution in [3.63, 3.8) is 0 Å². The van der Waals surface area contributed by atoms with E-state index in [1.807, 2.05) is 24.3 Å². The maximum Gasteiger partial charge on any atom is 0.338 e. The Morgan fingerprint density at radius 3 is 2.33 bits per heavy atom. The van der Waals surface area contributed by atoms with E-state index in [9.17, 15) is 9.59 Å². The molecule has 6 heteroatoms. The summed E-state index contributed by atoms with van der Waals surface area (Å²) >= 11 is 5.61. The van der Waals surface area contributed by atoms with Gasteiger partial charge in [-0.1, -0.05) is 62.6 Å². The van der Waals surface area contributed by atoms with Crippen LogP contribution in [0.1, 0.15) is 64.4 Å². The van der Waals surface area contributed by atoms with Crippen molar-refractivity contribution in [2.24, 2.45) is 0 Å². The number of esters is 1. The minimum absolute atomic E-state index is 0.128. The van der Waals surface area contributed by atoms with Gasteiger partial charge in [-0.2, -0.15) is 0 Å². The van der Waals surface area contributed by atoms with Crippen molar-refractivity contribution in [1.82, 2.24) is 5.48 Å². The normalized spacial score (nSPS) is 10.9. The molecular weight excluding hydrogens is 402 g/mol. The largest absolute Gasteiger partial charge is 0.457 e. The Hall–Kier alpha value is -2.63. The van der Waals surface area contributed by atoms with Gasteiger partial charge in [-0.05, 0) is 41.8 Å². The summed E-state index contributed by atoms with van der Waals surface area (Å²) in [4.78, 5) is 29.4. The summed E-state index contributed by atoms with van der Waals surface area (Å²) in [6.45, 7) is 2.78. The average molecular weight is 430 g/mol. The van der Waals surface area contributed by atoms with E-state index in [1.165, 1.54) is 6.42 Å². The SMILES string of the molecule is CCCCCCONC(=O)c1ccc(COC(=O)c2ccc(/C=C/CCl)cc2)cc1. The number of benzene rings is 2. The second-order valence-electron chi connectivity index (χ2n) is 6.79. The van der Waals surface area contributed by atoms with Crippen LogP contribution in [-0.4, -0.2) is 24.4 Å². The summed E-state index contributed by atoms with van der Waals surface area (Å²) in [6, 6.07) is 14.0. The lowest BCUT2D eigenvalue weighted by molar-refractivity contribution is 0.0297. The topological polar surface area (TPSA) is 64.6 Å². The fourth-order valence-corrected chi connectivity index (χ4v) is 2.76. The van der Waals surface area contributed by atoms with E-state index in [1.54, 1.807) is 36.4 Å². The van der Waals surface area contributed by atoms with E-state index in [-0.39, 0.29) is 12.5 Å². The molecule has 0 bridgehead atoms. The van der Waals surface area contributed by atoms with Crippen LogP contribution in [0.5, 0.6) is 0 Å². The van der Waals surface area contributed by atoms with Gasteiger partial charge in [0.2, 0.25) is 0 Å². The highest BCUT2D eigenvalue weighted by Gasteiger charge is 2.09. The van der Waals surface area contributed by atoms with Crippen LogP contribution in [0, 0.1) is 0 Å². The van der Waals surface area contributed by atoms with Gasteiger partial charge in [0.25, 0.3) is 5.91 Å². The molecule has 0 aliphatic carbocycles. The zero-order valence-corrected chi connectivity index (χ0v) is 18.0. The van der Waals surface area contributed by atoms with Gasteiger partial charge in [-0.15, -0.1) is 11.6 Å². The third-order valence-corrected chi connectivity index (χ3v) is 4.57. The first-order valence-electron chi connectivity index (χ1n) is 10.1. The number of nitrogens with one attached hydrogen (secondary N) is 1. The van der Waals surface area contributed by atoms with Gasteiger partial charge >= 0.3 is 5.97 Å². The predicted octanol–water partition coefficient (Wildman–Crippen LogP) is 5.54. The minimum atomic E-state index is -0.402. The standard InChI is InChI=1S/C24H28ClNO4/c1-2-3-4-5-17-30-26-23(27)21-12-10-20(11-13-21)18-29-24(28)22-14-8-19(9-15-22)7-6-16-25/h6-15H,2-5,16-18H2,1H3,(H,26,27)/b7-6+. The number of allylic oxidation sites excluding steroid dienone is 1. The highest BCUT2D eigenvalue weighted by Crippen LogP contribution is 2.11. The number of unbranched alkanes of at least 4 members (excludes halogenated alkanes) is 3. The Morgan fingerprint density at radius 1 is 0.967 bits per heavy atom. The molecule has 2 aromatic rings. The molecule has 0 radical (unpaired) electrons. The second-order valence-corrected chi connectivity index (χ2v) is 7.10. The Kier molecular flexibility index (Phi) is 10.7. The number of hydrogen-bond donors (Lipinski definition) is 1. The van der Waals surface area contributed by atoms with E-state index in [2.05, 4.69) is 12.4 Å². The fraction of sp³-hybridized carbons (Fsp3) is 0.333. The second kappa shape index (κ2) is 13.6. The Balaban J connectivity index is 1.76. The number of amides is 1. The van der Waals surface area contributed by atoms with Gasteiger partial charge in [-0.25, -0.2) is 10.3 Å². The average Bonchev–Trinajstić information content (AvgIpc) is 2.79. The molecule has 0 aromatic heterocycles. The van der Waals surface area contributed by atoms with Crippen LogP contribution in [-0.2, 0) is 16.2 Å². The van der Waals surface area contributed by atoms with Gasteiger partial charge in [0.05, 0.1) is 12.2 Å². The number of carbonyl (C=O) groups excluding carboxylic acids is 2. The maximum absolute atomic E-state index is 12.2. The van der Waals surface area contributed by atoms with Crippen LogP contribution in [0.15, 0.2) is 54.6 Å². The summed E-state index contributed by atoms with van der Waals surface area (Å²) < 4.78 is 5.34. The van der Waals surface area contributed by atoms with E-state index in [4.69, 9.17) is 21.2 Å². The molecule has 1 N–H and O–H groups in total. The number of alkyl halides is 1.